The van der Waals surface area contributed by atoms with Gasteiger partial charge in [-0.3, -0.25) is 0 Å². The van der Waals surface area contributed by atoms with E-state index in [1.54, 1.807) is 6.20 Å². The van der Waals surface area contributed by atoms with Crippen LogP contribution in [0.2, 0.25) is 0 Å². The number of methoxy groups -OCH3 is 1. The highest BCUT2D eigenvalue weighted by Crippen LogP contribution is 2.22. The van der Waals surface area contributed by atoms with Crippen molar-refractivity contribution in [3.8, 4) is 0 Å². The third kappa shape index (κ3) is 6.22. The van der Waals surface area contributed by atoms with Crippen molar-refractivity contribution >= 4 is 0 Å². The lowest BCUT2D eigenvalue weighted by atomic mass is 9.99. The number of aliphatic hydroxyl groups is 3. The Hall–Kier alpha value is -0.940. The summed E-state index contributed by atoms with van der Waals surface area (Å²) in [5.41, 5.74) is 6.50. The summed E-state index contributed by atoms with van der Waals surface area (Å²) < 4.78 is 10.4. The monoisotopic (exact) mass is 334 g/mol. The van der Waals surface area contributed by atoms with E-state index in [-0.39, 0.29) is 6.54 Å². The smallest absolute Gasteiger partial charge is 0.186 e. The largest absolute Gasteiger partial charge is 0.401 e. The summed E-state index contributed by atoms with van der Waals surface area (Å²) >= 11 is 0. The maximum Gasteiger partial charge on any atom is 0.186 e. The molecule has 5 atom stereocenters. The molecule has 0 bridgehead atoms. The molecule has 8 N–H and O–H groups in total. The molecule has 1 saturated heterocycles. The average molecular weight is 334 g/mol. The number of aliphatic hydroxyl groups excluding tert-OH is 3. The molecule has 9 heteroatoms. The number of hydrazine groups is 1. The summed E-state index contributed by atoms with van der Waals surface area (Å²) in [5.74, 6) is 5.85. The molecule has 0 aromatic rings. The maximum atomic E-state index is 9.97. The van der Waals surface area contributed by atoms with Crippen LogP contribution >= 0.6 is 0 Å². The molecular weight excluding hydrogens is 304 g/mol. The highest BCUT2D eigenvalue weighted by atomic mass is 16.7. The van der Waals surface area contributed by atoms with Gasteiger partial charge in [0.1, 0.15) is 24.4 Å². The molecule has 136 valence electrons. The van der Waals surface area contributed by atoms with E-state index in [4.69, 9.17) is 21.1 Å². The van der Waals surface area contributed by atoms with Gasteiger partial charge in [0.15, 0.2) is 6.29 Å². The van der Waals surface area contributed by atoms with Gasteiger partial charge in [0.25, 0.3) is 0 Å². The van der Waals surface area contributed by atoms with Crippen LogP contribution in [0, 0.1) is 0 Å². The van der Waals surface area contributed by atoms with Crippen molar-refractivity contribution in [3.63, 3.8) is 0 Å². The van der Waals surface area contributed by atoms with E-state index in [1.165, 1.54) is 12.1 Å². The summed E-state index contributed by atoms with van der Waals surface area (Å²) in [7, 11) is 1.35. The maximum absolute atomic E-state index is 9.97. The van der Waals surface area contributed by atoms with Crippen LogP contribution in [0.25, 0.3) is 0 Å². The molecule has 1 aliphatic heterocycles. The van der Waals surface area contributed by atoms with Gasteiger partial charge in [-0.15, -0.1) is 0 Å². The summed E-state index contributed by atoms with van der Waals surface area (Å²) in [6.07, 6.45) is -2.63. The quantitative estimate of drug-likeness (QED) is 0.157. The number of nitrogens with two attached hydrogens (primary N) is 2. The summed E-state index contributed by atoms with van der Waals surface area (Å²) in [6, 6.07) is 0. The number of hydrogen-bond donors (Lipinski definition) is 6. The van der Waals surface area contributed by atoms with E-state index in [0.29, 0.717) is 12.1 Å². The first-order valence-electron chi connectivity index (χ1n) is 7.81. The Kier molecular flexibility index (Phi) is 8.77. The lowest BCUT2D eigenvalue weighted by Gasteiger charge is -2.40. The van der Waals surface area contributed by atoms with Crippen LogP contribution in [0.1, 0.15) is 19.8 Å². The highest BCUT2D eigenvalue weighted by molar-refractivity contribution is 4.97. The van der Waals surface area contributed by atoms with E-state index in [9.17, 15) is 15.3 Å². The minimum absolute atomic E-state index is 0.0959. The molecule has 0 amide bonds. The van der Waals surface area contributed by atoms with Gasteiger partial charge in [0, 0.05) is 19.0 Å². The number of ether oxygens (including phenoxy) is 2. The number of rotatable bonds is 9. The Balaban J connectivity index is 2.49. The number of hydrogen-bond acceptors (Lipinski definition) is 9. The van der Waals surface area contributed by atoms with Crippen LogP contribution in [-0.4, -0.2) is 77.8 Å². The van der Waals surface area contributed by atoms with E-state index in [1.807, 2.05) is 6.92 Å². The Bertz CT molecular complexity index is 369. The lowest BCUT2D eigenvalue weighted by Crippen LogP contribution is -2.60. The molecule has 0 aliphatic carbocycles. The lowest BCUT2D eigenvalue weighted by molar-refractivity contribution is -0.291. The first-order valence-corrected chi connectivity index (χ1v) is 7.81. The second-order valence-electron chi connectivity index (χ2n) is 5.61. The van der Waals surface area contributed by atoms with Gasteiger partial charge in [-0.05, 0) is 25.9 Å². The van der Waals surface area contributed by atoms with Crippen molar-refractivity contribution in [3.05, 3.63) is 11.9 Å². The second kappa shape index (κ2) is 10.0. The van der Waals surface area contributed by atoms with Gasteiger partial charge in [-0.25, -0.2) is 5.84 Å². The summed E-state index contributed by atoms with van der Waals surface area (Å²) in [6.45, 7) is 3.92. The molecule has 1 fully saturated rings. The standard InChI is InChI=1S/C14H30N4O5/c1-3-17-6-4-5-9(15)7-18(16)8-10-11(19)12(20)13(21)14(22-2)23-10/h7,10-14,17,19-21H,3-6,8,15-16H2,1-2H3/b9-7-. The third-order valence-electron chi connectivity index (χ3n) is 3.69. The Labute approximate surface area is 136 Å². The normalized spacial score (nSPS) is 32.1. The fraction of sp³-hybridized carbons (Fsp3) is 0.857. The molecule has 23 heavy (non-hydrogen) atoms. The van der Waals surface area contributed by atoms with Crippen molar-refractivity contribution in [1.82, 2.24) is 10.3 Å². The Morgan fingerprint density at radius 2 is 2.00 bits per heavy atom. The third-order valence-corrected chi connectivity index (χ3v) is 3.69. The molecular formula is C14H30N4O5. The molecule has 0 radical (unpaired) electrons. The van der Waals surface area contributed by atoms with Gasteiger partial charge in [0.05, 0.1) is 6.54 Å². The fourth-order valence-corrected chi connectivity index (χ4v) is 2.39. The Morgan fingerprint density at radius 1 is 1.30 bits per heavy atom. The van der Waals surface area contributed by atoms with Crippen molar-refractivity contribution in [2.75, 3.05) is 26.7 Å². The summed E-state index contributed by atoms with van der Waals surface area (Å²) in [4.78, 5) is 0. The number of nitrogens with one attached hydrogen (secondary N) is 1. The first-order chi connectivity index (χ1) is 10.9. The van der Waals surface area contributed by atoms with Gasteiger partial charge in [0.2, 0.25) is 0 Å². The number of nitrogens with zero attached hydrogens (tertiary/aromatic N) is 1. The Morgan fingerprint density at radius 3 is 2.61 bits per heavy atom. The number of allylic oxidation sites excluding steroid dienone is 1. The predicted molar refractivity (Wildman–Crippen MR) is 84.6 cm³/mol. The molecule has 0 saturated carbocycles. The van der Waals surface area contributed by atoms with Crippen molar-refractivity contribution < 1.29 is 24.8 Å². The average Bonchev–Trinajstić information content (AvgIpc) is 2.52. The summed E-state index contributed by atoms with van der Waals surface area (Å²) in [5, 5.41) is 34.0. The molecule has 0 aromatic heterocycles. The van der Waals surface area contributed by atoms with Crippen LogP contribution in [0.5, 0.6) is 0 Å². The zero-order valence-corrected chi connectivity index (χ0v) is 13.8. The van der Waals surface area contributed by atoms with Crippen LogP contribution in [0.3, 0.4) is 0 Å². The molecule has 0 aromatic carbocycles. The molecule has 0 spiro atoms. The van der Waals surface area contributed by atoms with Crippen LogP contribution in [0.4, 0.5) is 0 Å². The van der Waals surface area contributed by atoms with Crippen molar-refractivity contribution in [1.29, 1.82) is 0 Å². The van der Waals surface area contributed by atoms with E-state index < -0.39 is 30.7 Å². The predicted octanol–water partition coefficient (Wildman–Crippen LogP) is -2.19. The molecule has 1 rings (SSSR count). The van der Waals surface area contributed by atoms with Crippen molar-refractivity contribution in [2.24, 2.45) is 11.6 Å². The minimum atomic E-state index is -1.37. The van der Waals surface area contributed by atoms with Gasteiger partial charge in [-0.2, -0.15) is 0 Å². The van der Waals surface area contributed by atoms with E-state index >= 15 is 0 Å². The van der Waals surface area contributed by atoms with Gasteiger partial charge >= 0.3 is 0 Å². The zero-order chi connectivity index (χ0) is 17.4. The first kappa shape index (κ1) is 20.1. The molecule has 5 unspecified atom stereocenters. The topological polar surface area (TPSA) is 146 Å². The minimum Gasteiger partial charge on any atom is -0.401 e. The zero-order valence-electron chi connectivity index (χ0n) is 13.8. The van der Waals surface area contributed by atoms with Gasteiger partial charge in [-0.1, -0.05) is 6.92 Å². The SMILES string of the molecule is CCNCCC/C(N)=C/N(N)CC1OC(OC)C(O)C(O)C1O. The van der Waals surface area contributed by atoms with Crippen LogP contribution in [-0.2, 0) is 9.47 Å². The highest BCUT2D eigenvalue weighted by Gasteiger charge is 2.44. The van der Waals surface area contributed by atoms with Crippen LogP contribution < -0.4 is 16.9 Å². The van der Waals surface area contributed by atoms with E-state index in [2.05, 4.69) is 5.32 Å². The van der Waals surface area contributed by atoms with Crippen LogP contribution in [0.15, 0.2) is 11.9 Å². The van der Waals surface area contributed by atoms with Gasteiger partial charge < -0.3 is 40.9 Å². The van der Waals surface area contributed by atoms with E-state index in [0.717, 1.165) is 19.5 Å². The molecule has 1 heterocycles. The molecule has 1 aliphatic rings. The second-order valence-corrected chi connectivity index (χ2v) is 5.61. The van der Waals surface area contributed by atoms with Crippen molar-refractivity contribution in [2.45, 2.75) is 50.5 Å². The fourth-order valence-electron chi connectivity index (χ4n) is 2.39. The molecule has 9 nitrogen and oxygen atoms in total.